The van der Waals surface area contributed by atoms with Crippen molar-refractivity contribution in [3.05, 3.63) is 6.92 Å². The Balaban J connectivity index is -0.000000449. The summed E-state index contributed by atoms with van der Waals surface area (Å²) >= 11 is 0. The number of unbranched alkanes of at least 4 members (excludes halogenated alkanes) is 2. The summed E-state index contributed by atoms with van der Waals surface area (Å²) in [5.41, 5.74) is 0. The molecule has 0 aliphatic rings. The van der Waals surface area contributed by atoms with Gasteiger partial charge in [-0.25, -0.2) is 0 Å². The average Bonchev–Trinajstić information content (AvgIpc) is 2.20. The maximum absolute atomic E-state index is 10.5. The summed E-state index contributed by atoms with van der Waals surface area (Å²) in [5, 5.41) is 10.5. The van der Waals surface area contributed by atoms with Crippen molar-refractivity contribution in [2.75, 3.05) is 13.1 Å². The molecule has 0 aromatic heterocycles. The van der Waals surface area contributed by atoms with Crippen molar-refractivity contribution < 1.29 is 29.4 Å². The molecule has 1 radical (unpaired) electrons. The molecule has 0 N–H and O–H groups in total. The molecule has 0 saturated carbocycles. The van der Waals surface area contributed by atoms with Gasteiger partial charge in [-0.2, -0.15) is 0 Å². The summed E-state index contributed by atoms with van der Waals surface area (Å²) in [5.74, 6) is 0. The van der Waals surface area contributed by atoms with Gasteiger partial charge in [-0.05, 0) is 12.8 Å². The van der Waals surface area contributed by atoms with Gasteiger partial charge < -0.3 is 14.8 Å². The minimum absolute atomic E-state index is 0. The molecule has 1 amide bonds. The largest absolute Gasteiger partial charge is 0.530 e. The normalized spacial score (nSPS) is 8.27. The van der Waals surface area contributed by atoms with Crippen molar-refractivity contribution in [1.82, 2.24) is 4.90 Å². The van der Waals surface area contributed by atoms with Crippen LogP contribution in [0.4, 0.5) is 4.79 Å². The van der Waals surface area contributed by atoms with Crippen LogP contribution in [0.15, 0.2) is 0 Å². The summed E-state index contributed by atoms with van der Waals surface area (Å²) in [4.78, 5) is 11.9. The zero-order valence-electron chi connectivity index (χ0n) is 10.4. The Kier molecular flexibility index (Phi) is 22.1. The summed E-state index contributed by atoms with van der Waals surface area (Å²) in [6.07, 6.45) is 2.87. The zero-order chi connectivity index (χ0) is 11.4. The van der Waals surface area contributed by atoms with Gasteiger partial charge in [0.15, 0.2) is 0 Å². The zero-order valence-corrected chi connectivity index (χ0v) is 13.4. The Labute approximate surface area is 107 Å². The van der Waals surface area contributed by atoms with E-state index in [4.69, 9.17) is 0 Å². The van der Waals surface area contributed by atoms with E-state index in [1.807, 2.05) is 13.8 Å². The van der Waals surface area contributed by atoms with Gasteiger partial charge >= 0.3 is 0 Å². The van der Waals surface area contributed by atoms with Gasteiger partial charge in [0.2, 0.25) is 0 Å². The Hall–Kier alpha value is -0.107. The fourth-order valence-corrected chi connectivity index (χ4v) is 0.992. The molecule has 0 aliphatic carbocycles. The molecule has 0 atom stereocenters. The van der Waals surface area contributed by atoms with Gasteiger partial charge in [-0.3, -0.25) is 0 Å². The fraction of sp³-hybridized carbons (Fsp3) is 0.818. The Morgan fingerprint density at radius 1 is 1.13 bits per heavy atom. The van der Waals surface area contributed by atoms with Crippen molar-refractivity contribution in [2.45, 2.75) is 46.5 Å². The van der Waals surface area contributed by atoms with Gasteiger partial charge in [-0.15, -0.1) is 0 Å². The van der Waals surface area contributed by atoms with E-state index in [0.717, 1.165) is 25.7 Å². The predicted octanol–water partition coefficient (Wildman–Crippen LogP) is 2.07. The molecule has 3 nitrogen and oxygen atoms in total. The van der Waals surface area contributed by atoms with Crippen LogP contribution in [0, 0.1) is 6.92 Å². The summed E-state index contributed by atoms with van der Waals surface area (Å²) < 4.78 is 0. The molecule has 0 spiro atoms. The maximum atomic E-state index is 10.5. The molecule has 87 valence electrons. The van der Waals surface area contributed by atoms with E-state index in [1.54, 1.807) is 6.92 Å². The second kappa shape index (κ2) is 16.3. The molecular formula is C11H23NO2Zn-. The van der Waals surface area contributed by atoms with Crippen molar-refractivity contribution >= 4 is 6.09 Å². The molecule has 15 heavy (non-hydrogen) atoms. The van der Waals surface area contributed by atoms with Crippen LogP contribution in [0.5, 0.6) is 0 Å². The van der Waals surface area contributed by atoms with E-state index in [1.165, 1.54) is 4.90 Å². The third-order valence-corrected chi connectivity index (χ3v) is 1.82. The first-order chi connectivity index (χ1) is 6.72. The average molecular weight is 267 g/mol. The molecule has 0 aromatic rings. The van der Waals surface area contributed by atoms with Gasteiger partial charge in [0, 0.05) is 32.6 Å². The van der Waals surface area contributed by atoms with Crippen LogP contribution in [0.2, 0.25) is 0 Å². The number of carbonyl (C=O) groups excluding carboxylic acids is 1. The number of hydrogen-bond donors (Lipinski definition) is 0. The van der Waals surface area contributed by atoms with E-state index in [-0.39, 0.29) is 19.5 Å². The molecule has 0 rings (SSSR count). The first-order valence-corrected chi connectivity index (χ1v) is 5.39. The SMILES string of the molecule is CCCCN(CCCC)C(=O)[O-].[CH2]C.[Zn]. The monoisotopic (exact) mass is 265 g/mol. The third kappa shape index (κ3) is 13.9. The molecule has 0 aromatic carbocycles. The number of nitrogens with zero attached hydrogens (tertiary/aromatic N) is 1. The Morgan fingerprint density at radius 3 is 1.67 bits per heavy atom. The molecule has 0 fully saturated rings. The number of hydrogen-bond acceptors (Lipinski definition) is 2. The first kappa shape index (κ1) is 20.3. The smallest absolute Gasteiger partial charge is 0.136 e. The van der Waals surface area contributed by atoms with E-state index >= 15 is 0 Å². The molecule has 0 saturated heterocycles. The third-order valence-electron chi connectivity index (χ3n) is 1.82. The Morgan fingerprint density at radius 2 is 1.47 bits per heavy atom. The van der Waals surface area contributed by atoms with Gasteiger partial charge in [0.1, 0.15) is 6.09 Å². The fourth-order valence-electron chi connectivity index (χ4n) is 0.992. The van der Waals surface area contributed by atoms with Crippen molar-refractivity contribution in [2.24, 2.45) is 0 Å². The van der Waals surface area contributed by atoms with Crippen LogP contribution in [0.25, 0.3) is 0 Å². The minimum atomic E-state index is -1.03. The van der Waals surface area contributed by atoms with E-state index in [2.05, 4.69) is 6.92 Å². The van der Waals surface area contributed by atoms with E-state index in [0.29, 0.717) is 13.1 Å². The van der Waals surface area contributed by atoms with Crippen LogP contribution < -0.4 is 5.11 Å². The standard InChI is InChI=1S/C9H19NO2.C2H5.Zn/c1-3-5-7-10(9(11)12)8-6-4-2;1-2;/h3-8H2,1-2H3,(H,11,12);1H2,2H3;/p-1. The van der Waals surface area contributed by atoms with E-state index < -0.39 is 6.09 Å². The van der Waals surface area contributed by atoms with Crippen LogP contribution in [0.3, 0.4) is 0 Å². The summed E-state index contributed by atoms with van der Waals surface area (Å²) in [7, 11) is 0. The summed E-state index contributed by atoms with van der Waals surface area (Å²) in [6.45, 7) is 10.3. The van der Waals surface area contributed by atoms with Crippen LogP contribution in [-0.2, 0) is 19.5 Å². The quantitative estimate of drug-likeness (QED) is 0.691. The second-order valence-electron chi connectivity index (χ2n) is 2.96. The molecule has 0 bridgehead atoms. The molecule has 0 heterocycles. The first-order valence-electron chi connectivity index (χ1n) is 5.39. The topological polar surface area (TPSA) is 43.4 Å². The second-order valence-corrected chi connectivity index (χ2v) is 2.96. The molecule has 0 unspecified atom stereocenters. The van der Waals surface area contributed by atoms with E-state index in [9.17, 15) is 9.90 Å². The molecule has 0 aliphatic heterocycles. The number of carboxylic acid groups (broad SMARTS) is 1. The molecular weight excluding hydrogens is 244 g/mol. The van der Waals surface area contributed by atoms with Gasteiger partial charge in [0.25, 0.3) is 0 Å². The van der Waals surface area contributed by atoms with Crippen molar-refractivity contribution in [1.29, 1.82) is 0 Å². The van der Waals surface area contributed by atoms with Crippen LogP contribution >= 0.6 is 0 Å². The number of carbonyl (C=O) groups is 1. The van der Waals surface area contributed by atoms with Crippen LogP contribution in [0.1, 0.15) is 46.5 Å². The summed E-state index contributed by atoms with van der Waals surface area (Å²) in [6, 6.07) is 0. The predicted molar refractivity (Wildman–Crippen MR) is 57.8 cm³/mol. The van der Waals surface area contributed by atoms with Crippen molar-refractivity contribution in [3.8, 4) is 0 Å². The number of rotatable bonds is 6. The van der Waals surface area contributed by atoms with Gasteiger partial charge in [-0.1, -0.05) is 40.5 Å². The van der Waals surface area contributed by atoms with Crippen molar-refractivity contribution in [3.63, 3.8) is 0 Å². The molecule has 4 heteroatoms. The maximum Gasteiger partial charge on any atom is 0.136 e. The Bertz CT molecular complexity index is 124. The van der Waals surface area contributed by atoms with Crippen LogP contribution in [-0.4, -0.2) is 24.1 Å². The number of amides is 1. The van der Waals surface area contributed by atoms with Gasteiger partial charge in [0.05, 0.1) is 0 Å². The minimum Gasteiger partial charge on any atom is -0.530 e.